The molecule has 0 aliphatic rings. The second-order valence-corrected chi connectivity index (χ2v) is 9.77. The normalized spacial score (nSPS) is 15.0. The standard InChI is InChI=1S/C24H50O4/c1-9-13-15-21(27-25-11-3)19-23(5,6)17-18-24(7,8)20-22(16-14-10-2)28-26-12-4/h21-22H,9-20H2,1-8H3. The molecule has 170 valence electrons. The van der Waals surface area contributed by atoms with Gasteiger partial charge in [-0.3, -0.25) is 0 Å². The topological polar surface area (TPSA) is 36.9 Å². The summed E-state index contributed by atoms with van der Waals surface area (Å²) in [5.41, 5.74) is 0.457. The molecule has 0 aromatic rings. The second kappa shape index (κ2) is 15.6. The van der Waals surface area contributed by atoms with Crippen LogP contribution < -0.4 is 0 Å². The molecule has 0 amide bonds. The van der Waals surface area contributed by atoms with E-state index in [-0.39, 0.29) is 23.0 Å². The molecule has 0 aromatic carbocycles. The van der Waals surface area contributed by atoms with E-state index in [1.165, 1.54) is 38.5 Å². The molecular formula is C24H50O4. The molecule has 0 heterocycles. The lowest BCUT2D eigenvalue weighted by Gasteiger charge is -2.35. The monoisotopic (exact) mass is 402 g/mol. The molecule has 0 bridgehead atoms. The molecule has 0 spiro atoms. The van der Waals surface area contributed by atoms with Crippen LogP contribution >= 0.6 is 0 Å². The fourth-order valence-electron chi connectivity index (χ4n) is 3.67. The lowest BCUT2D eigenvalue weighted by Crippen LogP contribution is -2.28. The third-order valence-electron chi connectivity index (χ3n) is 5.44. The summed E-state index contributed by atoms with van der Waals surface area (Å²) < 4.78 is 0. The van der Waals surface area contributed by atoms with Crippen LogP contribution in [0.5, 0.6) is 0 Å². The third-order valence-corrected chi connectivity index (χ3v) is 5.44. The van der Waals surface area contributed by atoms with Gasteiger partial charge in [0.1, 0.15) is 0 Å². The van der Waals surface area contributed by atoms with Crippen molar-refractivity contribution in [1.29, 1.82) is 0 Å². The molecule has 0 aliphatic heterocycles. The van der Waals surface area contributed by atoms with Gasteiger partial charge in [0.05, 0.1) is 25.4 Å². The fraction of sp³-hybridized carbons (Fsp3) is 1.00. The van der Waals surface area contributed by atoms with E-state index in [0.717, 1.165) is 25.7 Å². The largest absolute Gasteiger partial charge is 0.237 e. The summed E-state index contributed by atoms with van der Waals surface area (Å²) in [4.78, 5) is 21.9. The molecule has 0 aliphatic carbocycles. The Labute approximate surface area is 175 Å². The molecule has 0 rings (SSSR count). The Morgan fingerprint density at radius 1 is 0.607 bits per heavy atom. The van der Waals surface area contributed by atoms with Crippen LogP contribution in [0.2, 0.25) is 0 Å². The minimum Gasteiger partial charge on any atom is -0.237 e. The lowest BCUT2D eigenvalue weighted by atomic mass is 9.73. The first-order valence-electron chi connectivity index (χ1n) is 11.8. The van der Waals surface area contributed by atoms with Crippen LogP contribution in [0.25, 0.3) is 0 Å². The van der Waals surface area contributed by atoms with Crippen LogP contribution in [0.4, 0.5) is 0 Å². The quantitative estimate of drug-likeness (QED) is 0.164. The zero-order chi connectivity index (χ0) is 21.5. The smallest absolute Gasteiger partial charge is 0.0935 e. The second-order valence-electron chi connectivity index (χ2n) is 9.77. The Morgan fingerprint density at radius 2 is 0.964 bits per heavy atom. The summed E-state index contributed by atoms with van der Waals surface area (Å²) in [6, 6.07) is 0. The number of unbranched alkanes of at least 4 members (excludes halogenated alkanes) is 2. The molecule has 0 saturated carbocycles. The maximum absolute atomic E-state index is 5.68. The predicted molar refractivity (Wildman–Crippen MR) is 118 cm³/mol. The molecule has 0 aromatic heterocycles. The Bertz CT molecular complexity index is 305. The zero-order valence-corrected chi connectivity index (χ0v) is 20.3. The molecule has 4 nitrogen and oxygen atoms in total. The van der Waals surface area contributed by atoms with Crippen molar-refractivity contribution in [1.82, 2.24) is 0 Å². The van der Waals surface area contributed by atoms with E-state index in [1.54, 1.807) is 0 Å². The number of rotatable bonds is 19. The van der Waals surface area contributed by atoms with Crippen molar-refractivity contribution >= 4 is 0 Å². The van der Waals surface area contributed by atoms with E-state index in [4.69, 9.17) is 19.6 Å². The first-order valence-corrected chi connectivity index (χ1v) is 11.8. The highest BCUT2D eigenvalue weighted by Crippen LogP contribution is 2.38. The molecule has 4 heteroatoms. The molecule has 0 fully saturated rings. The van der Waals surface area contributed by atoms with E-state index < -0.39 is 0 Å². The van der Waals surface area contributed by atoms with Crippen LogP contribution in [-0.4, -0.2) is 25.4 Å². The zero-order valence-electron chi connectivity index (χ0n) is 20.3. The highest BCUT2D eigenvalue weighted by molar-refractivity contribution is 4.80. The van der Waals surface area contributed by atoms with Gasteiger partial charge in [0, 0.05) is 0 Å². The van der Waals surface area contributed by atoms with Gasteiger partial charge in [-0.25, -0.2) is 19.6 Å². The van der Waals surface area contributed by atoms with Gasteiger partial charge in [-0.1, -0.05) is 67.2 Å². The van der Waals surface area contributed by atoms with Crippen LogP contribution in [0.3, 0.4) is 0 Å². The first kappa shape index (κ1) is 27.8. The van der Waals surface area contributed by atoms with Crippen molar-refractivity contribution in [3.63, 3.8) is 0 Å². The predicted octanol–water partition coefficient (Wildman–Crippen LogP) is 7.65. The van der Waals surface area contributed by atoms with Crippen molar-refractivity contribution in [2.24, 2.45) is 10.8 Å². The van der Waals surface area contributed by atoms with Crippen LogP contribution in [0.15, 0.2) is 0 Å². The summed E-state index contributed by atoms with van der Waals surface area (Å²) in [7, 11) is 0. The molecule has 2 unspecified atom stereocenters. The third kappa shape index (κ3) is 14.8. The fourth-order valence-corrected chi connectivity index (χ4v) is 3.67. The molecule has 0 saturated heterocycles. The number of hydrogen-bond donors (Lipinski definition) is 0. The van der Waals surface area contributed by atoms with Crippen molar-refractivity contribution in [2.45, 2.75) is 132 Å². The van der Waals surface area contributed by atoms with Crippen molar-refractivity contribution in [2.75, 3.05) is 13.2 Å². The van der Waals surface area contributed by atoms with Crippen LogP contribution in [0.1, 0.15) is 120 Å². The van der Waals surface area contributed by atoms with Gasteiger partial charge >= 0.3 is 0 Å². The van der Waals surface area contributed by atoms with Gasteiger partial charge in [0.15, 0.2) is 0 Å². The van der Waals surface area contributed by atoms with E-state index in [9.17, 15) is 0 Å². The maximum atomic E-state index is 5.68. The summed E-state index contributed by atoms with van der Waals surface area (Å²) in [6.45, 7) is 19.1. The van der Waals surface area contributed by atoms with Crippen LogP contribution in [-0.2, 0) is 19.6 Å². The van der Waals surface area contributed by atoms with Gasteiger partial charge in [0.25, 0.3) is 0 Å². The molecule has 2 atom stereocenters. The van der Waals surface area contributed by atoms with Gasteiger partial charge in [-0.05, 0) is 63.2 Å². The molecular weight excluding hydrogens is 352 g/mol. The summed E-state index contributed by atoms with van der Waals surface area (Å²) in [6.07, 6.45) is 11.7. The van der Waals surface area contributed by atoms with Crippen molar-refractivity contribution in [3.8, 4) is 0 Å². The summed E-state index contributed by atoms with van der Waals surface area (Å²) >= 11 is 0. The average Bonchev–Trinajstić information content (AvgIpc) is 2.64. The minimum atomic E-state index is 0.191. The van der Waals surface area contributed by atoms with Gasteiger partial charge < -0.3 is 0 Å². The highest BCUT2D eigenvalue weighted by atomic mass is 17.2. The van der Waals surface area contributed by atoms with Crippen molar-refractivity contribution < 1.29 is 19.6 Å². The molecule has 0 radical (unpaired) electrons. The highest BCUT2D eigenvalue weighted by Gasteiger charge is 2.30. The van der Waals surface area contributed by atoms with E-state index >= 15 is 0 Å². The Hall–Kier alpha value is -0.160. The summed E-state index contributed by atoms with van der Waals surface area (Å²) in [5, 5.41) is 0. The van der Waals surface area contributed by atoms with E-state index in [2.05, 4.69) is 41.5 Å². The van der Waals surface area contributed by atoms with Crippen molar-refractivity contribution in [3.05, 3.63) is 0 Å². The first-order chi connectivity index (χ1) is 13.2. The van der Waals surface area contributed by atoms with Gasteiger partial charge in [-0.15, -0.1) is 0 Å². The lowest BCUT2D eigenvalue weighted by molar-refractivity contribution is -0.327. The Balaban J connectivity index is 4.65. The SMILES string of the molecule is CCCCC(CC(C)(C)CCC(C)(C)CC(CCCC)OOCC)OOCC. The van der Waals surface area contributed by atoms with Gasteiger partial charge in [-0.2, -0.15) is 0 Å². The molecule has 0 N–H and O–H groups in total. The van der Waals surface area contributed by atoms with E-state index in [1.807, 2.05) is 13.8 Å². The van der Waals surface area contributed by atoms with Gasteiger partial charge in [0.2, 0.25) is 0 Å². The summed E-state index contributed by atoms with van der Waals surface area (Å²) in [5.74, 6) is 0. The van der Waals surface area contributed by atoms with Crippen LogP contribution in [0, 0.1) is 10.8 Å². The number of hydrogen-bond acceptors (Lipinski definition) is 4. The average molecular weight is 403 g/mol. The molecule has 28 heavy (non-hydrogen) atoms. The minimum absolute atomic E-state index is 0.191. The maximum Gasteiger partial charge on any atom is 0.0935 e. The Morgan fingerprint density at radius 3 is 1.25 bits per heavy atom. The Kier molecular flexibility index (Phi) is 15.6. The van der Waals surface area contributed by atoms with E-state index in [0.29, 0.717) is 13.2 Å².